The van der Waals surface area contributed by atoms with E-state index in [2.05, 4.69) is 0 Å². The van der Waals surface area contributed by atoms with Gasteiger partial charge in [-0.15, -0.1) is 0 Å². The van der Waals surface area contributed by atoms with Gasteiger partial charge in [0.2, 0.25) is 5.72 Å². The molecule has 0 heterocycles. The Hall–Kier alpha value is -0.770. The molecule has 8 heteroatoms. The number of rotatable bonds is 7. The molecule has 0 radical (unpaired) electrons. The lowest BCUT2D eigenvalue weighted by molar-refractivity contribution is -0.165. The maximum atomic E-state index is 10.9. The Kier molecular flexibility index (Phi) is 5.79. The number of nitrogens with two attached hydrogens (primary N) is 4. The molecule has 0 spiro atoms. The van der Waals surface area contributed by atoms with Gasteiger partial charge in [-0.3, -0.25) is 5.73 Å². The highest BCUT2D eigenvalue weighted by Gasteiger charge is 2.42. The van der Waals surface area contributed by atoms with Crippen molar-refractivity contribution in [2.75, 3.05) is 14.2 Å². The Labute approximate surface area is 93.8 Å². The highest BCUT2D eigenvalue weighted by Crippen LogP contribution is 2.12. The molecular formula is C8H20N4O4. The number of methoxy groups -OCH3 is 2. The van der Waals surface area contributed by atoms with E-state index in [1.54, 1.807) is 0 Å². The van der Waals surface area contributed by atoms with Crippen LogP contribution in [0, 0.1) is 0 Å². The number of carbonyl (C=O) groups is 1. The fourth-order valence-electron chi connectivity index (χ4n) is 1.17. The molecule has 4 atom stereocenters. The number of ether oxygens (including phenoxy) is 2. The summed E-state index contributed by atoms with van der Waals surface area (Å²) in [5, 5.41) is 8.88. The lowest BCUT2D eigenvalue weighted by Crippen LogP contribution is -2.64. The third-order valence-corrected chi connectivity index (χ3v) is 2.44. The van der Waals surface area contributed by atoms with Gasteiger partial charge < -0.3 is 31.8 Å². The highest BCUT2D eigenvalue weighted by atomic mass is 16.5. The second kappa shape index (κ2) is 6.09. The summed E-state index contributed by atoms with van der Waals surface area (Å²) in [5.74, 6) is -1.36. The first kappa shape index (κ1) is 15.2. The molecule has 96 valence electrons. The zero-order valence-electron chi connectivity index (χ0n) is 9.42. The highest BCUT2D eigenvalue weighted by molar-refractivity contribution is 5.77. The van der Waals surface area contributed by atoms with Crippen LogP contribution >= 0.6 is 0 Å². The first-order valence-electron chi connectivity index (χ1n) is 4.66. The molecule has 8 nitrogen and oxygen atoms in total. The molecule has 0 aliphatic carbocycles. The van der Waals surface area contributed by atoms with Crippen molar-refractivity contribution in [1.82, 2.24) is 0 Å². The normalized spacial score (nSPS) is 20.9. The van der Waals surface area contributed by atoms with E-state index in [4.69, 9.17) is 37.5 Å². The summed E-state index contributed by atoms with van der Waals surface area (Å²) < 4.78 is 9.48. The van der Waals surface area contributed by atoms with E-state index in [9.17, 15) is 4.79 Å². The third kappa shape index (κ3) is 3.37. The SMILES string of the molecule is COC(N)C(N)CC(N)[C@@](N)(OC)C(=O)O. The van der Waals surface area contributed by atoms with Crippen LogP contribution in [0.5, 0.6) is 0 Å². The average molecular weight is 236 g/mol. The molecule has 0 fully saturated rings. The van der Waals surface area contributed by atoms with E-state index in [0.29, 0.717) is 0 Å². The van der Waals surface area contributed by atoms with Crippen molar-refractivity contribution in [1.29, 1.82) is 0 Å². The van der Waals surface area contributed by atoms with Gasteiger partial charge in [0.05, 0.1) is 6.04 Å². The first-order valence-corrected chi connectivity index (χ1v) is 4.66. The van der Waals surface area contributed by atoms with E-state index in [0.717, 1.165) is 7.11 Å². The molecule has 0 aromatic carbocycles. The molecule has 0 saturated carbocycles. The molecule has 0 aromatic rings. The number of carboxylic acid groups (broad SMARTS) is 1. The predicted octanol–water partition coefficient (Wildman–Crippen LogP) is -2.65. The fraction of sp³-hybridized carbons (Fsp3) is 0.875. The molecule has 0 saturated heterocycles. The van der Waals surface area contributed by atoms with Crippen molar-refractivity contribution in [2.45, 2.75) is 30.5 Å². The maximum Gasteiger partial charge on any atom is 0.352 e. The molecule has 0 aliphatic heterocycles. The quantitative estimate of drug-likeness (QED) is 0.299. The average Bonchev–Trinajstić information content (AvgIpc) is 2.25. The lowest BCUT2D eigenvalue weighted by Gasteiger charge is -2.31. The van der Waals surface area contributed by atoms with Gasteiger partial charge in [0.15, 0.2) is 0 Å². The van der Waals surface area contributed by atoms with Crippen LogP contribution in [0.25, 0.3) is 0 Å². The standard InChI is InChI=1S/C8H20N4O4/c1-15-6(11)4(9)3-5(10)8(12,16-2)7(13)14/h4-6H,3,9-12H2,1-2H3,(H,13,14)/t4?,5?,6?,8-/m1/s1. The second-order valence-corrected chi connectivity index (χ2v) is 3.51. The zero-order valence-corrected chi connectivity index (χ0v) is 9.42. The number of carboxylic acids is 1. The van der Waals surface area contributed by atoms with Crippen LogP contribution in [0.15, 0.2) is 0 Å². The summed E-state index contributed by atoms with van der Waals surface area (Å²) in [4.78, 5) is 10.9. The van der Waals surface area contributed by atoms with Crippen LogP contribution in [0.2, 0.25) is 0 Å². The van der Waals surface area contributed by atoms with Crippen LogP contribution in [0.1, 0.15) is 6.42 Å². The Bertz CT molecular complexity index is 240. The predicted molar refractivity (Wildman–Crippen MR) is 57.1 cm³/mol. The van der Waals surface area contributed by atoms with E-state index < -0.39 is 30.0 Å². The molecule has 0 bridgehead atoms. The molecule has 3 unspecified atom stereocenters. The van der Waals surface area contributed by atoms with Gasteiger partial charge in [-0.2, -0.15) is 0 Å². The summed E-state index contributed by atoms with van der Waals surface area (Å²) in [7, 11) is 2.55. The van der Waals surface area contributed by atoms with E-state index >= 15 is 0 Å². The van der Waals surface area contributed by atoms with Gasteiger partial charge in [-0.05, 0) is 6.42 Å². The third-order valence-electron chi connectivity index (χ3n) is 2.44. The number of hydrogen-bond donors (Lipinski definition) is 5. The first-order chi connectivity index (χ1) is 7.29. The molecule has 0 aromatic heterocycles. The van der Waals surface area contributed by atoms with Crippen LogP contribution in [-0.2, 0) is 14.3 Å². The summed E-state index contributed by atoms with van der Waals surface area (Å²) in [6.45, 7) is 0. The van der Waals surface area contributed by atoms with Crippen molar-refractivity contribution < 1.29 is 19.4 Å². The molecule has 0 amide bonds. The largest absolute Gasteiger partial charge is 0.478 e. The van der Waals surface area contributed by atoms with Crippen LogP contribution in [-0.4, -0.2) is 49.3 Å². The molecule has 16 heavy (non-hydrogen) atoms. The lowest BCUT2D eigenvalue weighted by atomic mass is 9.97. The van der Waals surface area contributed by atoms with Crippen molar-refractivity contribution in [3.05, 3.63) is 0 Å². The summed E-state index contributed by atoms with van der Waals surface area (Å²) in [6, 6.07) is -1.62. The minimum absolute atomic E-state index is 0.0612. The molecule has 9 N–H and O–H groups in total. The summed E-state index contributed by atoms with van der Waals surface area (Å²) in [5.41, 5.74) is 20.3. The molecular weight excluding hydrogens is 216 g/mol. The Morgan fingerprint density at radius 1 is 1.38 bits per heavy atom. The van der Waals surface area contributed by atoms with Gasteiger partial charge in [-0.1, -0.05) is 0 Å². The molecule has 0 aliphatic rings. The zero-order chi connectivity index (χ0) is 12.9. The fourth-order valence-corrected chi connectivity index (χ4v) is 1.17. The van der Waals surface area contributed by atoms with Crippen LogP contribution in [0.3, 0.4) is 0 Å². The van der Waals surface area contributed by atoms with Crippen molar-refractivity contribution in [3.63, 3.8) is 0 Å². The van der Waals surface area contributed by atoms with Crippen molar-refractivity contribution >= 4 is 5.97 Å². The monoisotopic (exact) mass is 236 g/mol. The molecule has 0 rings (SSSR count). The van der Waals surface area contributed by atoms with E-state index in [-0.39, 0.29) is 6.42 Å². The van der Waals surface area contributed by atoms with Crippen LogP contribution in [0.4, 0.5) is 0 Å². The van der Waals surface area contributed by atoms with Gasteiger partial charge >= 0.3 is 5.97 Å². The Morgan fingerprint density at radius 2 is 1.88 bits per heavy atom. The van der Waals surface area contributed by atoms with Crippen molar-refractivity contribution in [3.8, 4) is 0 Å². The topological polar surface area (TPSA) is 160 Å². The van der Waals surface area contributed by atoms with Crippen LogP contribution < -0.4 is 22.9 Å². The van der Waals surface area contributed by atoms with Gasteiger partial charge in [0.25, 0.3) is 0 Å². The summed E-state index contributed by atoms with van der Waals surface area (Å²) >= 11 is 0. The Balaban J connectivity index is 4.54. The van der Waals surface area contributed by atoms with Gasteiger partial charge in [-0.25, -0.2) is 4.79 Å². The summed E-state index contributed by atoms with van der Waals surface area (Å²) in [6.07, 6.45) is -0.674. The number of aliphatic carboxylic acids is 1. The second-order valence-electron chi connectivity index (χ2n) is 3.51. The minimum atomic E-state index is -1.98. The van der Waals surface area contributed by atoms with Gasteiger partial charge in [0.1, 0.15) is 6.23 Å². The maximum absolute atomic E-state index is 10.9. The Morgan fingerprint density at radius 3 is 2.19 bits per heavy atom. The van der Waals surface area contributed by atoms with E-state index in [1.807, 2.05) is 0 Å². The number of hydrogen-bond acceptors (Lipinski definition) is 7. The van der Waals surface area contributed by atoms with E-state index in [1.165, 1.54) is 7.11 Å². The van der Waals surface area contributed by atoms with Crippen molar-refractivity contribution in [2.24, 2.45) is 22.9 Å². The minimum Gasteiger partial charge on any atom is -0.478 e. The van der Waals surface area contributed by atoms with Gasteiger partial charge in [0, 0.05) is 20.3 Å². The smallest absolute Gasteiger partial charge is 0.352 e.